The summed E-state index contributed by atoms with van der Waals surface area (Å²) in [6.07, 6.45) is 8.24. The molecule has 0 atom stereocenters. The minimum Gasteiger partial charge on any atom is -0.268 e. The molecule has 0 N–H and O–H groups in total. The van der Waals surface area contributed by atoms with Gasteiger partial charge >= 0.3 is 0 Å². The quantitative estimate of drug-likeness (QED) is 0.477. The highest BCUT2D eigenvalue weighted by Crippen LogP contribution is 1.96. The van der Waals surface area contributed by atoms with E-state index < -0.39 is 0 Å². The first-order valence-electron chi connectivity index (χ1n) is 3.90. The number of rotatable bonds is 3. The Labute approximate surface area is 90.3 Å². The number of terminal acetylenes is 1. The lowest BCUT2D eigenvalue weighted by atomic mass is 10.3. The Kier molecular flexibility index (Phi) is 3.96. The Bertz CT molecular complexity index is 378. The van der Waals surface area contributed by atoms with Crippen LogP contribution < -0.4 is 5.56 Å². The van der Waals surface area contributed by atoms with Crippen molar-refractivity contribution in [3.05, 3.63) is 26.2 Å². The third-order valence-electron chi connectivity index (χ3n) is 1.53. The van der Waals surface area contributed by atoms with Crippen LogP contribution in [0.1, 0.15) is 12.8 Å². The second-order valence-corrected chi connectivity index (χ2v) is 3.79. The van der Waals surface area contributed by atoms with E-state index in [1.165, 1.54) is 4.68 Å². The Morgan fingerprint density at radius 2 is 2.46 bits per heavy atom. The van der Waals surface area contributed by atoms with Crippen molar-refractivity contribution < 1.29 is 0 Å². The van der Waals surface area contributed by atoms with Crippen molar-refractivity contribution in [1.29, 1.82) is 0 Å². The van der Waals surface area contributed by atoms with Gasteiger partial charge in [0.2, 0.25) is 0 Å². The molecule has 3 nitrogen and oxygen atoms in total. The van der Waals surface area contributed by atoms with Crippen LogP contribution in [0, 0.1) is 15.9 Å². The molecule has 0 aliphatic heterocycles. The third kappa shape index (κ3) is 3.19. The maximum absolute atomic E-state index is 11.3. The molecule has 0 aliphatic rings. The number of hydrogen-bond donors (Lipinski definition) is 0. The van der Waals surface area contributed by atoms with Gasteiger partial charge in [-0.15, -0.1) is 12.3 Å². The van der Waals surface area contributed by atoms with Gasteiger partial charge in [0.15, 0.2) is 0 Å². The number of hydrogen-bond acceptors (Lipinski definition) is 2. The van der Waals surface area contributed by atoms with E-state index in [1.54, 1.807) is 12.3 Å². The molecule has 13 heavy (non-hydrogen) atoms. The second-order valence-electron chi connectivity index (χ2n) is 2.54. The van der Waals surface area contributed by atoms with Crippen molar-refractivity contribution in [3.63, 3.8) is 0 Å². The zero-order chi connectivity index (χ0) is 9.68. The maximum Gasteiger partial charge on any atom is 0.267 e. The van der Waals surface area contributed by atoms with Crippen LogP contribution in [0.5, 0.6) is 0 Å². The lowest BCUT2D eigenvalue weighted by Crippen LogP contribution is -2.22. The number of aryl methyl sites for hydroxylation is 1. The van der Waals surface area contributed by atoms with Crippen LogP contribution in [0.2, 0.25) is 0 Å². The van der Waals surface area contributed by atoms with Gasteiger partial charge in [-0.3, -0.25) is 4.79 Å². The Balaban J connectivity index is 2.68. The van der Waals surface area contributed by atoms with Gasteiger partial charge in [0.1, 0.15) is 0 Å². The molecule has 1 rings (SSSR count). The van der Waals surface area contributed by atoms with Crippen LogP contribution in [0.4, 0.5) is 0 Å². The van der Waals surface area contributed by atoms with E-state index in [4.69, 9.17) is 6.42 Å². The maximum atomic E-state index is 11.3. The Morgan fingerprint density at radius 3 is 3.08 bits per heavy atom. The molecule has 68 valence electrons. The van der Waals surface area contributed by atoms with E-state index in [2.05, 4.69) is 33.6 Å². The first-order chi connectivity index (χ1) is 6.24. The topological polar surface area (TPSA) is 34.9 Å². The molecule has 1 aromatic rings. The molecule has 0 aromatic carbocycles. The molecule has 1 heterocycles. The zero-order valence-corrected chi connectivity index (χ0v) is 9.19. The molecule has 0 fully saturated rings. The minimum atomic E-state index is -0.0658. The highest BCUT2D eigenvalue weighted by molar-refractivity contribution is 14.1. The van der Waals surface area contributed by atoms with Gasteiger partial charge in [-0.25, -0.2) is 4.68 Å². The summed E-state index contributed by atoms with van der Waals surface area (Å²) in [5, 5.41) is 3.98. The standard InChI is InChI=1S/C9H9IN2O/c1-2-3-4-5-12-9(13)6-8(10)7-11-12/h1,6-7H,3-5H2. The number of aromatic nitrogens is 2. The SMILES string of the molecule is C#CCCCn1ncc(I)cc1=O. The fourth-order valence-electron chi connectivity index (χ4n) is 0.910. The lowest BCUT2D eigenvalue weighted by molar-refractivity contribution is 0.553. The van der Waals surface area contributed by atoms with Gasteiger partial charge in [-0.05, 0) is 29.0 Å². The highest BCUT2D eigenvalue weighted by atomic mass is 127. The average Bonchev–Trinajstić information content (AvgIpc) is 2.09. The molecule has 0 spiro atoms. The van der Waals surface area contributed by atoms with Crippen molar-refractivity contribution in [2.24, 2.45) is 0 Å². The second kappa shape index (κ2) is 5.02. The van der Waals surface area contributed by atoms with Crippen LogP contribution in [0.15, 0.2) is 17.1 Å². The fourth-order valence-corrected chi connectivity index (χ4v) is 1.30. The van der Waals surface area contributed by atoms with Crippen molar-refractivity contribution in [1.82, 2.24) is 9.78 Å². The van der Waals surface area contributed by atoms with Crippen molar-refractivity contribution in [2.75, 3.05) is 0 Å². The predicted molar refractivity (Wildman–Crippen MR) is 59.3 cm³/mol. The van der Waals surface area contributed by atoms with Crippen molar-refractivity contribution in [2.45, 2.75) is 19.4 Å². The van der Waals surface area contributed by atoms with E-state index in [1.807, 2.05) is 0 Å². The van der Waals surface area contributed by atoms with E-state index >= 15 is 0 Å². The summed E-state index contributed by atoms with van der Waals surface area (Å²) in [5.41, 5.74) is -0.0658. The average molecular weight is 288 g/mol. The first kappa shape index (κ1) is 10.3. The van der Waals surface area contributed by atoms with E-state index in [0.29, 0.717) is 13.0 Å². The van der Waals surface area contributed by atoms with Crippen LogP contribution in [-0.2, 0) is 6.54 Å². The van der Waals surface area contributed by atoms with Gasteiger partial charge in [0.05, 0.1) is 6.20 Å². The van der Waals surface area contributed by atoms with Crippen LogP contribution in [0.25, 0.3) is 0 Å². The predicted octanol–water partition coefficient (Wildman–Crippen LogP) is 1.26. The summed E-state index contributed by atoms with van der Waals surface area (Å²) in [7, 11) is 0. The number of halogens is 1. The van der Waals surface area contributed by atoms with Gasteiger partial charge in [-0.2, -0.15) is 5.10 Å². The van der Waals surface area contributed by atoms with E-state index in [0.717, 1.165) is 9.99 Å². The van der Waals surface area contributed by atoms with Gasteiger partial charge in [-0.1, -0.05) is 0 Å². The van der Waals surface area contributed by atoms with Crippen molar-refractivity contribution >= 4 is 22.6 Å². The van der Waals surface area contributed by atoms with Crippen LogP contribution in [-0.4, -0.2) is 9.78 Å². The summed E-state index contributed by atoms with van der Waals surface area (Å²) >= 11 is 2.06. The molecule has 4 heteroatoms. The molecule has 0 unspecified atom stereocenters. The molecule has 0 amide bonds. The normalized spacial score (nSPS) is 9.54. The number of unbranched alkanes of at least 4 members (excludes halogenated alkanes) is 1. The van der Waals surface area contributed by atoms with Crippen LogP contribution in [0.3, 0.4) is 0 Å². The molecule has 0 saturated heterocycles. The first-order valence-corrected chi connectivity index (χ1v) is 4.98. The molecule has 0 aliphatic carbocycles. The zero-order valence-electron chi connectivity index (χ0n) is 7.03. The van der Waals surface area contributed by atoms with Gasteiger partial charge in [0, 0.05) is 22.6 Å². The third-order valence-corrected chi connectivity index (χ3v) is 2.12. The molecule has 1 aromatic heterocycles. The molecule has 0 radical (unpaired) electrons. The molecule has 0 saturated carbocycles. The lowest BCUT2D eigenvalue weighted by Gasteiger charge is -2.01. The molecular formula is C9H9IN2O. The fraction of sp³-hybridized carbons (Fsp3) is 0.333. The Hall–Kier alpha value is -0.830. The molecule has 0 bridgehead atoms. The Morgan fingerprint density at radius 1 is 1.69 bits per heavy atom. The van der Waals surface area contributed by atoms with E-state index in [-0.39, 0.29) is 5.56 Å². The smallest absolute Gasteiger partial charge is 0.267 e. The van der Waals surface area contributed by atoms with Gasteiger partial charge < -0.3 is 0 Å². The highest BCUT2D eigenvalue weighted by Gasteiger charge is 1.96. The largest absolute Gasteiger partial charge is 0.268 e. The van der Waals surface area contributed by atoms with Crippen LogP contribution >= 0.6 is 22.6 Å². The summed E-state index contributed by atoms with van der Waals surface area (Å²) in [4.78, 5) is 11.3. The monoisotopic (exact) mass is 288 g/mol. The number of nitrogens with zero attached hydrogens (tertiary/aromatic N) is 2. The van der Waals surface area contributed by atoms with E-state index in [9.17, 15) is 4.79 Å². The summed E-state index contributed by atoms with van der Waals surface area (Å²) in [5.74, 6) is 2.52. The van der Waals surface area contributed by atoms with Crippen molar-refractivity contribution in [3.8, 4) is 12.3 Å². The summed E-state index contributed by atoms with van der Waals surface area (Å²) in [6, 6.07) is 1.56. The van der Waals surface area contributed by atoms with Gasteiger partial charge in [0.25, 0.3) is 5.56 Å². The molecular weight excluding hydrogens is 279 g/mol. The minimum absolute atomic E-state index is 0.0658. The summed E-state index contributed by atoms with van der Waals surface area (Å²) in [6.45, 7) is 0.597. The summed E-state index contributed by atoms with van der Waals surface area (Å²) < 4.78 is 2.29.